The van der Waals surface area contributed by atoms with Crippen LogP contribution in [-0.4, -0.2) is 59.8 Å². The molecular weight excluding hydrogens is 368 g/mol. The number of hydrogen-bond acceptors (Lipinski definition) is 4. The van der Waals surface area contributed by atoms with Gasteiger partial charge in [-0.2, -0.15) is 4.31 Å². The average Bonchev–Trinajstić information content (AvgIpc) is 3.48. The molecule has 1 heterocycles. The summed E-state index contributed by atoms with van der Waals surface area (Å²) in [5.74, 6) is -1.42. The lowest BCUT2D eigenvalue weighted by Gasteiger charge is -2.26. The standard InChI is InChI=1S/C19H26N2O5S/c1-14(19(23)24)21(16-8-9-16)18(22)15-6-10-17(11-7-15)27(25,26)20-12-4-2-3-5-13-20/h6-7,10-11,14,16H,2-5,8-9,12-13H2,1H3,(H,23,24). The minimum absolute atomic E-state index is 0.0518. The molecule has 0 radical (unpaired) electrons. The Labute approximate surface area is 160 Å². The van der Waals surface area contributed by atoms with Gasteiger partial charge in [0.05, 0.1) is 4.90 Å². The maximum Gasteiger partial charge on any atom is 0.326 e. The molecule has 2 fully saturated rings. The lowest BCUT2D eigenvalue weighted by molar-refractivity contribution is -0.141. The number of carboxylic acid groups (broad SMARTS) is 1. The van der Waals surface area contributed by atoms with E-state index >= 15 is 0 Å². The molecule has 1 atom stereocenters. The van der Waals surface area contributed by atoms with E-state index in [0.29, 0.717) is 18.7 Å². The van der Waals surface area contributed by atoms with Crippen LogP contribution in [0.3, 0.4) is 0 Å². The normalized spacial score (nSPS) is 19.9. The van der Waals surface area contributed by atoms with Crippen LogP contribution in [0.25, 0.3) is 0 Å². The Balaban J connectivity index is 1.79. The van der Waals surface area contributed by atoms with Crippen molar-refractivity contribution in [2.75, 3.05) is 13.1 Å². The van der Waals surface area contributed by atoms with Crippen LogP contribution in [0.4, 0.5) is 0 Å². The topological polar surface area (TPSA) is 95.0 Å². The largest absolute Gasteiger partial charge is 0.480 e. The monoisotopic (exact) mass is 394 g/mol. The molecule has 1 amide bonds. The third-order valence-corrected chi connectivity index (χ3v) is 7.17. The third-order valence-electron chi connectivity index (χ3n) is 5.25. The first-order valence-electron chi connectivity index (χ1n) is 9.48. The Kier molecular flexibility index (Phi) is 5.86. The van der Waals surface area contributed by atoms with Gasteiger partial charge < -0.3 is 10.0 Å². The molecule has 0 spiro atoms. The fourth-order valence-electron chi connectivity index (χ4n) is 3.48. The predicted octanol–water partition coefficient (Wildman–Crippen LogP) is 2.33. The summed E-state index contributed by atoms with van der Waals surface area (Å²) in [6.07, 6.45) is 5.39. The summed E-state index contributed by atoms with van der Waals surface area (Å²) in [6, 6.07) is 4.90. The predicted molar refractivity (Wildman–Crippen MR) is 100.0 cm³/mol. The van der Waals surface area contributed by atoms with E-state index in [1.165, 1.54) is 40.4 Å². The summed E-state index contributed by atoms with van der Waals surface area (Å²) >= 11 is 0. The molecule has 1 aliphatic heterocycles. The van der Waals surface area contributed by atoms with E-state index in [9.17, 15) is 23.1 Å². The van der Waals surface area contributed by atoms with E-state index in [-0.39, 0.29) is 16.8 Å². The van der Waals surface area contributed by atoms with E-state index < -0.39 is 22.0 Å². The Morgan fingerprint density at radius 2 is 1.63 bits per heavy atom. The number of carbonyl (C=O) groups excluding carboxylic acids is 1. The molecule has 8 heteroatoms. The van der Waals surface area contributed by atoms with Gasteiger partial charge in [-0.1, -0.05) is 12.8 Å². The molecule has 1 aromatic rings. The maximum atomic E-state index is 12.8. The first kappa shape index (κ1) is 19.8. The van der Waals surface area contributed by atoms with Crippen LogP contribution in [0, 0.1) is 0 Å². The van der Waals surface area contributed by atoms with Crippen LogP contribution >= 0.6 is 0 Å². The third kappa shape index (κ3) is 4.32. The smallest absolute Gasteiger partial charge is 0.326 e. The van der Waals surface area contributed by atoms with Gasteiger partial charge in [-0.15, -0.1) is 0 Å². The number of rotatable bonds is 6. The highest BCUT2D eigenvalue weighted by Gasteiger charge is 2.38. The van der Waals surface area contributed by atoms with Gasteiger partial charge in [-0.25, -0.2) is 13.2 Å². The van der Waals surface area contributed by atoms with Gasteiger partial charge in [-0.05, 0) is 56.9 Å². The van der Waals surface area contributed by atoms with Gasteiger partial charge in [0.2, 0.25) is 10.0 Å². The van der Waals surface area contributed by atoms with E-state index in [4.69, 9.17) is 0 Å². The minimum atomic E-state index is -3.57. The van der Waals surface area contributed by atoms with Gasteiger partial charge in [0.1, 0.15) is 6.04 Å². The van der Waals surface area contributed by atoms with Crippen molar-refractivity contribution in [3.8, 4) is 0 Å². The zero-order valence-corrected chi connectivity index (χ0v) is 16.3. The van der Waals surface area contributed by atoms with Crippen molar-refractivity contribution in [1.82, 2.24) is 9.21 Å². The van der Waals surface area contributed by atoms with Crippen molar-refractivity contribution in [2.45, 2.75) is 62.4 Å². The molecule has 27 heavy (non-hydrogen) atoms. The molecule has 148 valence electrons. The van der Waals surface area contributed by atoms with Gasteiger partial charge in [-0.3, -0.25) is 4.79 Å². The lowest BCUT2D eigenvalue weighted by Crippen LogP contribution is -2.44. The van der Waals surface area contributed by atoms with Crippen LogP contribution < -0.4 is 0 Å². The van der Waals surface area contributed by atoms with E-state index in [1.54, 1.807) is 0 Å². The second-order valence-electron chi connectivity index (χ2n) is 7.30. The highest BCUT2D eigenvalue weighted by Crippen LogP contribution is 2.30. The molecule has 0 bridgehead atoms. The zero-order chi connectivity index (χ0) is 19.6. The first-order chi connectivity index (χ1) is 12.8. The Morgan fingerprint density at radius 3 is 2.11 bits per heavy atom. The highest BCUT2D eigenvalue weighted by atomic mass is 32.2. The number of carbonyl (C=O) groups is 2. The SMILES string of the molecule is CC(C(=O)O)N(C(=O)c1ccc(S(=O)(=O)N2CCCCCC2)cc1)C1CC1. The summed E-state index contributed by atoms with van der Waals surface area (Å²) < 4.78 is 27.2. The quantitative estimate of drug-likeness (QED) is 0.799. The average molecular weight is 394 g/mol. The molecule has 1 N–H and O–H groups in total. The molecule has 2 aliphatic rings. The van der Waals surface area contributed by atoms with Crippen LogP contribution in [0.2, 0.25) is 0 Å². The highest BCUT2D eigenvalue weighted by molar-refractivity contribution is 7.89. The molecule has 1 aromatic carbocycles. The summed E-state index contributed by atoms with van der Waals surface area (Å²) in [5, 5.41) is 9.26. The first-order valence-corrected chi connectivity index (χ1v) is 10.9. The number of hydrogen-bond donors (Lipinski definition) is 1. The Bertz CT molecular complexity index is 794. The second kappa shape index (κ2) is 7.98. The molecule has 3 rings (SSSR count). The fraction of sp³-hybridized carbons (Fsp3) is 0.579. The molecular formula is C19H26N2O5S. The Hall–Kier alpha value is -1.93. The van der Waals surface area contributed by atoms with Gasteiger partial charge >= 0.3 is 5.97 Å². The minimum Gasteiger partial charge on any atom is -0.480 e. The van der Waals surface area contributed by atoms with Crippen molar-refractivity contribution >= 4 is 21.9 Å². The van der Waals surface area contributed by atoms with Crippen LogP contribution in [0.5, 0.6) is 0 Å². The molecule has 1 saturated carbocycles. The lowest BCUT2D eigenvalue weighted by atomic mass is 10.1. The van der Waals surface area contributed by atoms with Crippen molar-refractivity contribution in [2.24, 2.45) is 0 Å². The van der Waals surface area contributed by atoms with Crippen LogP contribution in [0.15, 0.2) is 29.2 Å². The van der Waals surface area contributed by atoms with Crippen molar-refractivity contribution in [1.29, 1.82) is 0 Å². The Morgan fingerprint density at radius 1 is 1.07 bits per heavy atom. The zero-order valence-electron chi connectivity index (χ0n) is 15.5. The fourth-order valence-corrected chi connectivity index (χ4v) is 5.00. The van der Waals surface area contributed by atoms with Crippen molar-refractivity contribution in [3.05, 3.63) is 29.8 Å². The van der Waals surface area contributed by atoms with Crippen LogP contribution in [-0.2, 0) is 14.8 Å². The summed E-state index contributed by atoms with van der Waals surface area (Å²) in [6.45, 7) is 2.54. The summed E-state index contributed by atoms with van der Waals surface area (Å²) in [4.78, 5) is 25.7. The molecule has 1 unspecified atom stereocenters. The number of benzene rings is 1. The number of nitrogens with zero attached hydrogens (tertiary/aromatic N) is 2. The molecule has 1 aliphatic carbocycles. The maximum absolute atomic E-state index is 12.8. The van der Waals surface area contributed by atoms with Gasteiger partial charge in [0.25, 0.3) is 5.91 Å². The van der Waals surface area contributed by atoms with E-state index in [0.717, 1.165) is 38.5 Å². The number of carboxylic acids is 1. The number of sulfonamides is 1. The van der Waals surface area contributed by atoms with E-state index in [2.05, 4.69) is 0 Å². The molecule has 7 nitrogen and oxygen atoms in total. The summed E-state index contributed by atoms with van der Waals surface area (Å²) in [7, 11) is -3.57. The van der Waals surface area contributed by atoms with Crippen molar-refractivity contribution < 1.29 is 23.1 Å². The van der Waals surface area contributed by atoms with Crippen LogP contribution in [0.1, 0.15) is 55.8 Å². The number of aliphatic carboxylic acids is 1. The molecule has 1 saturated heterocycles. The van der Waals surface area contributed by atoms with Gasteiger partial charge in [0.15, 0.2) is 0 Å². The van der Waals surface area contributed by atoms with E-state index in [1.807, 2.05) is 0 Å². The number of amides is 1. The summed E-state index contributed by atoms with van der Waals surface area (Å²) in [5.41, 5.74) is 0.310. The van der Waals surface area contributed by atoms with Gasteiger partial charge in [0, 0.05) is 24.7 Å². The molecule has 0 aromatic heterocycles. The van der Waals surface area contributed by atoms with Crippen molar-refractivity contribution in [3.63, 3.8) is 0 Å². The second-order valence-corrected chi connectivity index (χ2v) is 9.24.